The Morgan fingerprint density at radius 2 is 2.00 bits per heavy atom. The molecule has 0 aliphatic rings. The fourth-order valence-corrected chi connectivity index (χ4v) is 2.48. The lowest BCUT2D eigenvalue weighted by Gasteiger charge is -2.17. The van der Waals surface area contributed by atoms with Gasteiger partial charge in [0.15, 0.2) is 0 Å². The van der Waals surface area contributed by atoms with Crippen molar-refractivity contribution in [3.05, 3.63) is 46.5 Å². The van der Waals surface area contributed by atoms with Gasteiger partial charge in [-0.3, -0.25) is 9.97 Å². The molecule has 0 saturated carbocycles. The Balaban J connectivity index is 2.48. The summed E-state index contributed by atoms with van der Waals surface area (Å²) in [5, 5.41) is 0. The summed E-state index contributed by atoms with van der Waals surface area (Å²) in [5.74, 6) is 1.32. The minimum atomic E-state index is -0.411. The molecule has 0 spiro atoms. The molecule has 0 aliphatic carbocycles. The molecule has 6 heteroatoms. The van der Waals surface area contributed by atoms with Crippen LogP contribution in [0.5, 0.6) is 11.5 Å². The van der Waals surface area contributed by atoms with E-state index in [2.05, 4.69) is 25.9 Å². The number of nitrogens with two attached hydrogens (primary N) is 1. The van der Waals surface area contributed by atoms with Crippen molar-refractivity contribution >= 4 is 15.9 Å². The van der Waals surface area contributed by atoms with Gasteiger partial charge in [-0.25, -0.2) is 0 Å². The highest BCUT2D eigenvalue weighted by atomic mass is 79.9. The second kappa shape index (κ2) is 5.99. The summed E-state index contributed by atoms with van der Waals surface area (Å²) in [4.78, 5) is 8.24. The molecule has 1 aromatic carbocycles. The highest BCUT2D eigenvalue weighted by Crippen LogP contribution is 2.40. The largest absolute Gasteiger partial charge is 0.495 e. The van der Waals surface area contributed by atoms with Crippen molar-refractivity contribution in [1.82, 2.24) is 9.97 Å². The quantitative estimate of drug-likeness (QED) is 0.934. The number of halogens is 1. The fraction of sp³-hybridized carbons (Fsp3) is 0.231. The molecule has 5 nitrogen and oxygen atoms in total. The lowest BCUT2D eigenvalue weighted by atomic mass is 10.0. The maximum Gasteiger partial charge on any atom is 0.141 e. The van der Waals surface area contributed by atoms with Crippen molar-refractivity contribution in [2.75, 3.05) is 14.2 Å². The van der Waals surface area contributed by atoms with Crippen LogP contribution in [-0.2, 0) is 0 Å². The number of hydrogen-bond donors (Lipinski definition) is 1. The van der Waals surface area contributed by atoms with Crippen LogP contribution < -0.4 is 15.2 Å². The Kier molecular flexibility index (Phi) is 4.34. The van der Waals surface area contributed by atoms with Gasteiger partial charge in [-0.05, 0) is 28.1 Å². The summed E-state index contributed by atoms with van der Waals surface area (Å²) in [6, 6.07) is 3.28. The molecule has 2 aromatic rings. The lowest BCUT2D eigenvalue weighted by molar-refractivity contribution is 0.385. The van der Waals surface area contributed by atoms with Gasteiger partial charge < -0.3 is 15.2 Å². The first kappa shape index (κ1) is 13.8. The predicted molar refractivity (Wildman–Crippen MR) is 75.3 cm³/mol. The van der Waals surface area contributed by atoms with Gasteiger partial charge in [-0.1, -0.05) is 0 Å². The smallest absolute Gasteiger partial charge is 0.141 e. The van der Waals surface area contributed by atoms with Crippen molar-refractivity contribution < 1.29 is 9.47 Å². The Hall–Kier alpha value is -1.66. The van der Waals surface area contributed by atoms with E-state index < -0.39 is 6.04 Å². The van der Waals surface area contributed by atoms with E-state index >= 15 is 0 Å². The zero-order valence-electron chi connectivity index (χ0n) is 10.6. The van der Waals surface area contributed by atoms with Crippen LogP contribution >= 0.6 is 15.9 Å². The molecule has 1 heterocycles. The third-order valence-electron chi connectivity index (χ3n) is 2.75. The van der Waals surface area contributed by atoms with Gasteiger partial charge in [-0.2, -0.15) is 0 Å². The molecule has 1 aromatic heterocycles. The topological polar surface area (TPSA) is 70.3 Å². The number of methoxy groups -OCH3 is 2. The number of benzene rings is 1. The van der Waals surface area contributed by atoms with Gasteiger partial charge in [0.1, 0.15) is 16.0 Å². The molecule has 2 N–H and O–H groups in total. The molecule has 0 radical (unpaired) electrons. The third kappa shape index (κ3) is 2.69. The molecular weight excluding hydrogens is 310 g/mol. The monoisotopic (exact) mass is 323 g/mol. The van der Waals surface area contributed by atoms with Crippen molar-refractivity contribution in [3.8, 4) is 11.5 Å². The first-order valence-electron chi connectivity index (χ1n) is 5.61. The summed E-state index contributed by atoms with van der Waals surface area (Å²) in [5.41, 5.74) is 7.70. The van der Waals surface area contributed by atoms with Crippen molar-refractivity contribution in [3.63, 3.8) is 0 Å². The molecule has 2 rings (SSSR count). The Morgan fingerprint density at radius 3 is 2.58 bits per heavy atom. The average molecular weight is 324 g/mol. The fourth-order valence-electron chi connectivity index (χ4n) is 1.79. The number of rotatable bonds is 4. The minimum absolute atomic E-state index is 0.411. The van der Waals surface area contributed by atoms with Crippen LogP contribution in [0, 0.1) is 0 Å². The molecule has 0 aliphatic heterocycles. The van der Waals surface area contributed by atoms with Crippen LogP contribution in [0.3, 0.4) is 0 Å². The second-order valence-electron chi connectivity index (χ2n) is 3.81. The standard InChI is InChI=1S/C13H14BrN3O2/c1-18-10-4-3-8(13(19-2)11(10)14)12(15)9-7-16-5-6-17-9/h3-7,12H,15H2,1-2H3. The van der Waals surface area contributed by atoms with Gasteiger partial charge in [0, 0.05) is 18.0 Å². The molecule has 100 valence electrons. The van der Waals surface area contributed by atoms with Crippen LogP contribution in [0.25, 0.3) is 0 Å². The molecule has 0 amide bonds. The van der Waals surface area contributed by atoms with Crippen LogP contribution in [-0.4, -0.2) is 24.2 Å². The number of nitrogens with zero attached hydrogens (tertiary/aromatic N) is 2. The summed E-state index contributed by atoms with van der Waals surface area (Å²) >= 11 is 3.45. The van der Waals surface area contributed by atoms with E-state index in [1.54, 1.807) is 32.8 Å². The van der Waals surface area contributed by atoms with Crippen LogP contribution in [0.15, 0.2) is 35.2 Å². The third-order valence-corrected chi connectivity index (χ3v) is 3.50. The van der Waals surface area contributed by atoms with Crippen LogP contribution in [0.1, 0.15) is 17.3 Å². The van der Waals surface area contributed by atoms with E-state index in [0.29, 0.717) is 17.2 Å². The summed E-state index contributed by atoms with van der Waals surface area (Å²) < 4.78 is 11.4. The molecule has 1 atom stereocenters. The van der Waals surface area contributed by atoms with Gasteiger partial charge in [-0.15, -0.1) is 0 Å². The SMILES string of the molecule is COc1ccc(C(N)c2cnccn2)c(OC)c1Br. The summed E-state index contributed by atoms with van der Waals surface area (Å²) in [6.07, 6.45) is 4.86. The molecule has 0 fully saturated rings. The number of aromatic nitrogens is 2. The molecular formula is C13H14BrN3O2. The predicted octanol–water partition coefficient (Wildman–Crippen LogP) is 2.30. The minimum Gasteiger partial charge on any atom is -0.495 e. The molecule has 0 saturated heterocycles. The van der Waals surface area contributed by atoms with Gasteiger partial charge in [0.05, 0.1) is 32.2 Å². The van der Waals surface area contributed by atoms with E-state index in [1.165, 1.54) is 0 Å². The zero-order chi connectivity index (χ0) is 13.8. The highest BCUT2D eigenvalue weighted by molar-refractivity contribution is 9.10. The molecule has 0 bridgehead atoms. The van der Waals surface area contributed by atoms with Crippen molar-refractivity contribution in [2.24, 2.45) is 5.73 Å². The summed E-state index contributed by atoms with van der Waals surface area (Å²) in [6.45, 7) is 0. The number of ether oxygens (including phenoxy) is 2. The van der Waals surface area contributed by atoms with E-state index in [1.807, 2.05) is 12.1 Å². The highest BCUT2D eigenvalue weighted by Gasteiger charge is 2.19. The van der Waals surface area contributed by atoms with E-state index in [9.17, 15) is 0 Å². The second-order valence-corrected chi connectivity index (χ2v) is 4.61. The van der Waals surface area contributed by atoms with E-state index in [0.717, 1.165) is 10.0 Å². The first-order valence-corrected chi connectivity index (χ1v) is 6.40. The number of hydrogen-bond acceptors (Lipinski definition) is 5. The van der Waals surface area contributed by atoms with E-state index in [4.69, 9.17) is 15.2 Å². The average Bonchev–Trinajstić information content (AvgIpc) is 2.47. The van der Waals surface area contributed by atoms with Crippen LogP contribution in [0.2, 0.25) is 0 Å². The normalized spacial score (nSPS) is 12.0. The lowest BCUT2D eigenvalue weighted by Crippen LogP contribution is -2.15. The van der Waals surface area contributed by atoms with Crippen molar-refractivity contribution in [2.45, 2.75) is 6.04 Å². The van der Waals surface area contributed by atoms with Gasteiger partial charge in [0.25, 0.3) is 0 Å². The van der Waals surface area contributed by atoms with E-state index in [-0.39, 0.29) is 0 Å². The zero-order valence-corrected chi connectivity index (χ0v) is 12.2. The Morgan fingerprint density at radius 1 is 1.21 bits per heavy atom. The maximum atomic E-state index is 6.21. The van der Waals surface area contributed by atoms with Gasteiger partial charge in [0.2, 0.25) is 0 Å². The molecule has 19 heavy (non-hydrogen) atoms. The summed E-state index contributed by atoms with van der Waals surface area (Å²) in [7, 11) is 3.19. The van der Waals surface area contributed by atoms with Crippen molar-refractivity contribution in [1.29, 1.82) is 0 Å². The molecule has 1 unspecified atom stereocenters. The van der Waals surface area contributed by atoms with Gasteiger partial charge >= 0.3 is 0 Å². The Bertz CT molecular complexity index is 563. The first-order chi connectivity index (χ1) is 9.19. The van der Waals surface area contributed by atoms with Crippen LogP contribution in [0.4, 0.5) is 0 Å². The Labute approximate surface area is 119 Å². The maximum absolute atomic E-state index is 6.21.